The average molecular weight is 339 g/mol. The van der Waals surface area contributed by atoms with Crippen LogP contribution in [-0.2, 0) is 4.57 Å². The second-order valence-corrected chi connectivity index (χ2v) is 8.20. The first-order chi connectivity index (χ1) is 7.93. The monoisotopic (exact) mass is 340 g/mol. The van der Waals surface area contributed by atoms with Crippen molar-refractivity contribution in [2.75, 3.05) is 12.0 Å². The van der Waals surface area contributed by atoms with Crippen LogP contribution in [0.2, 0.25) is 0 Å². The first-order valence-corrected chi connectivity index (χ1v) is 8.92. The predicted molar refractivity (Wildman–Crippen MR) is 66.8 cm³/mol. The molecule has 92 valence electrons. The van der Waals surface area contributed by atoms with Gasteiger partial charge in [0.15, 0.2) is 0 Å². The molecule has 6 nitrogen and oxygen atoms in total. The van der Waals surface area contributed by atoms with Crippen molar-refractivity contribution in [3.63, 3.8) is 0 Å². The van der Waals surface area contributed by atoms with Crippen LogP contribution in [0, 0.1) is 0 Å². The minimum atomic E-state index is -4.36. The van der Waals surface area contributed by atoms with Gasteiger partial charge in [-0.2, -0.15) is 0 Å². The summed E-state index contributed by atoms with van der Waals surface area (Å²) in [5, 5.41) is -0.145. The standard InChI is InChI=1S/C8H9N2O4PSSe/c1-16-7-5(10-8(9)17-7)6-4(2-3-14-6)15(11,12)13/h2-3H,1H3,(H2,9,10)(H2,11,12,13). The molecule has 2 rings (SSSR count). The Labute approximate surface area is 107 Å². The Morgan fingerprint density at radius 3 is 2.88 bits per heavy atom. The maximum atomic E-state index is 11.3. The Hall–Kier alpha value is -0.491. The van der Waals surface area contributed by atoms with E-state index < -0.39 is 7.60 Å². The molecule has 17 heavy (non-hydrogen) atoms. The van der Waals surface area contributed by atoms with Crippen molar-refractivity contribution in [1.29, 1.82) is 0 Å². The van der Waals surface area contributed by atoms with Crippen LogP contribution in [0.5, 0.6) is 0 Å². The van der Waals surface area contributed by atoms with E-state index in [2.05, 4.69) is 4.98 Å². The van der Waals surface area contributed by atoms with Crippen molar-refractivity contribution >= 4 is 43.9 Å². The molecule has 0 aliphatic heterocycles. The number of hydrogen-bond donors (Lipinski definition) is 3. The maximum absolute atomic E-state index is 11.3. The number of aromatic nitrogens is 1. The van der Waals surface area contributed by atoms with E-state index in [-0.39, 0.29) is 25.6 Å². The summed E-state index contributed by atoms with van der Waals surface area (Å²) in [5.74, 6) is 0.116. The Morgan fingerprint density at radius 1 is 1.59 bits per heavy atom. The van der Waals surface area contributed by atoms with Gasteiger partial charge in [0.25, 0.3) is 0 Å². The van der Waals surface area contributed by atoms with Crippen LogP contribution in [-0.4, -0.2) is 35.5 Å². The third kappa shape index (κ3) is 2.52. The van der Waals surface area contributed by atoms with Gasteiger partial charge >= 0.3 is 107 Å². The summed E-state index contributed by atoms with van der Waals surface area (Å²) in [6, 6.07) is 1.26. The number of nitrogens with zero attached hydrogens (tertiary/aromatic N) is 1. The molecule has 2 aromatic rings. The van der Waals surface area contributed by atoms with Crippen LogP contribution in [0.15, 0.2) is 20.5 Å². The van der Waals surface area contributed by atoms with E-state index >= 15 is 0 Å². The van der Waals surface area contributed by atoms with Gasteiger partial charge in [-0.25, -0.2) is 0 Å². The van der Waals surface area contributed by atoms with Gasteiger partial charge in [-0.1, -0.05) is 0 Å². The normalized spacial score (nSPS) is 11.9. The molecule has 2 aromatic heterocycles. The molecule has 0 saturated carbocycles. The Morgan fingerprint density at radius 2 is 2.29 bits per heavy atom. The molecule has 0 aliphatic rings. The molecule has 0 aromatic carbocycles. The molecular weight excluding hydrogens is 330 g/mol. The number of furan rings is 1. The molecule has 4 N–H and O–H groups in total. The van der Waals surface area contributed by atoms with Crippen LogP contribution in [0.1, 0.15) is 0 Å². The van der Waals surface area contributed by atoms with E-state index in [1.54, 1.807) is 0 Å². The van der Waals surface area contributed by atoms with Gasteiger partial charge in [-0.3, -0.25) is 0 Å². The van der Waals surface area contributed by atoms with Crippen LogP contribution in [0.3, 0.4) is 0 Å². The number of nitrogens with two attached hydrogens (primary N) is 1. The van der Waals surface area contributed by atoms with Crippen LogP contribution >= 0.6 is 19.4 Å². The van der Waals surface area contributed by atoms with E-state index in [0.717, 1.165) is 3.77 Å². The summed E-state index contributed by atoms with van der Waals surface area (Å²) in [6.45, 7) is 0. The number of anilines is 1. The van der Waals surface area contributed by atoms with Crippen molar-refractivity contribution in [3.05, 3.63) is 12.3 Å². The summed E-state index contributed by atoms with van der Waals surface area (Å²) >= 11 is 1.37. The minimum absolute atomic E-state index is 0.0896. The number of nitrogen functional groups attached to an aromatic ring is 1. The second kappa shape index (κ2) is 4.65. The van der Waals surface area contributed by atoms with E-state index in [4.69, 9.17) is 10.2 Å². The predicted octanol–water partition coefficient (Wildman–Crippen LogP) is 0.506. The topological polar surface area (TPSA) is 110 Å². The Kier molecular flexibility index (Phi) is 3.54. The molecule has 0 aliphatic carbocycles. The zero-order valence-corrected chi connectivity index (χ0v) is 12.1. The first kappa shape index (κ1) is 13.0. The van der Waals surface area contributed by atoms with Crippen molar-refractivity contribution in [1.82, 2.24) is 4.98 Å². The molecule has 0 fully saturated rings. The molecular formula is C8H9N2O4PSSe. The van der Waals surface area contributed by atoms with Crippen molar-refractivity contribution in [2.24, 2.45) is 0 Å². The molecule has 0 amide bonds. The summed E-state index contributed by atoms with van der Waals surface area (Å²) in [4.78, 5) is 22.5. The van der Waals surface area contributed by atoms with Crippen molar-refractivity contribution < 1.29 is 18.8 Å². The van der Waals surface area contributed by atoms with Gasteiger partial charge in [-0.05, 0) is 0 Å². The first-order valence-electron chi connectivity index (χ1n) is 4.37. The van der Waals surface area contributed by atoms with Gasteiger partial charge in [0, 0.05) is 0 Å². The third-order valence-electron chi connectivity index (χ3n) is 1.97. The Bertz CT molecular complexity index is 590. The fraction of sp³-hybridized carbons (Fsp3) is 0.125. The number of thioether (sulfide) groups is 1. The SMILES string of the molecule is CSc1[se]c(N)nc1-c1occc1P(=O)(O)O. The van der Waals surface area contributed by atoms with Gasteiger partial charge in [0.2, 0.25) is 0 Å². The molecule has 9 heteroatoms. The summed E-state index contributed by atoms with van der Waals surface area (Å²) < 4.78 is 17.8. The molecule has 2 heterocycles. The molecule has 0 spiro atoms. The van der Waals surface area contributed by atoms with E-state index in [9.17, 15) is 14.4 Å². The molecule has 0 bridgehead atoms. The van der Waals surface area contributed by atoms with Gasteiger partial charge in [0.05, 0.1) is 0 Å². The van der Waals surface area contributed by atoms with Gasteiger partial charge in [-0.15, -0.1) is 0 Å². The number of hydrogen-bond acceptors (Lipinski definition) is 5. The zero-order valence-electron chi connectivity index (χ0n) is 8.65. The fourth-order valence-corrected chi connectivity index (χ4v) is 4.55. The summed E-state index contributed by atoms with van der Waals surface area (Å²) in [5.41, 5.74) is 6.09. The quantitative estimate of drug-likeness (QED) is 0.424. The molecule has 0 unspecified atom stereocenters. The van der Waals surface area contributed by atoms with Crippen LogP contribution < -0.4 is 11.0 Å². The average Bonchev–Trinajstić information content (AvgIpc) is 2.81. The molecule has 0 saturated heterocycles. The van der Waals surface area contributed by atoms with Crippen molar-refractivity contribution in [2.45, 2.75) is 3.77 Å². The fourth-order valence-electron chi connectivity index (χ4n) is 1.31. The summed E-state index contributed by atoms with van der Waals surface area (Å²) in [6.07, 6.45) is 3.11. The van der Waals surface area contributed by atoms with Gasteiger partial charge < -0.3 is 0 Å². The number of rotatable bonds is 3. The third-order valence-corrected chi connectivity index (χ3v) is 6.42. The van der Waals surface area contributed by atoms with Crippen LogP contribution in [0.25, 0.3) is 11.5 Å². The summed E-state index contributed by atoms with van der Waals surface area (Å²) in [7, 11) is -4.36. The van der Waals surface area contributed by atoms with E-state index in [0.29, 0.717) is 10.4 Å². The van der Waals surface area contributed by atoms with Crippen LogP contribution in [0.4, 0.5) is 4.69 Å². The zero-order chi connectivity index (χ0) is 12.6. The van der Waals surface area contributed by atoms with Gasteiger partial charge in [0.1, 0.15) is 0 Å². The molecule has 0 radical (unpaired) electrons. The van der Waals surface area contributed by atoms with Crippen molar-refractivity contribution in [3.8, 4) is 11.5 Å². The van der Waals surface area contributed by atoms with E-state index in [1.807, 2.05) is 6.26 Å². The second-order valence-electron chi connectivity index (χ2n) is 3.07. The Balaban J connectivity index is 2.61. The molecule has 0 atom stereocenters. The van der Waals surface area contributed by atoms with E-state index in [1.165, 1.54) is 24.1 Å².